The molecule has 0 aromatic carbocycles. The smallest absolute Gasteiger partial charge is 0.407 e. The molecule has 0 bridgehead atoms. The highest BCUT2D eigenvalue weighted by molar-refractivity contribution is 5.81. The number of alkyl carbamates (subject to hydrolysis) is 1. The van der Waals surface area contributed by atoms with Crippen molar-refractivity contribution in [1.29, 1.82) is 0 Å². The van der Waals surface area contributed by atoms with Gasteiger partial charge in [-0.2, -0.15) is 4.99 Å². The highest BCUT2D eigenvalue weighted by Gasteiger charge is 2.18. The molecule has 0 fully saturated rings. The van der Waals surface area contributed by atoms with Gasteiger partial charge in [-0.3, -0.25) is 0 Å². The average Bonchev–Trinajstić information content (AvgIpc) is 2.83. The number of hydrogen-bond donors (Lipinski definition) is 1. The molecule has 0 aliphatic heterocycles. The molecular weight excluding hydrogens is 454 g/mol. The zero-order valence-corrected chi connectivity index (χ0v) is 19.0. The van der Waals surface area contributed by atoms with Gasteiger partial charge in [0, 0.05) is 19.3 Å². The van der Waals surface area contributed by atoms with Crippen molar-refractivity contribution in [2.75, 3.05) is 59.3 Å². The SMILES string of the molecule is C=CC(=O)OCCOCCCOCCOC(=O)NCCOC(=O)C(CCCCN=C=O)N=C=O. The Bertz CT molecular complexity index is 703. The Morgan fingerprint density at radius 3 is 2.21 bits per heavy atom. The molecule has 0 rings (SSSR count). The van der Waals surface area contributed by atoms with E-state index in [2.05, 4.69) is 21.9 Å². The molecule has 1 N–H and O–H groups in total. The number of nitrogens with one attached hydrogen (secondary N) is 1. The summed E-state index contributed by atoms with van der Waals surface area (Å²) in [5, 5.41) is 2.41. The van der Waals surface area contributed by atoms with Crippen molar-refractivity contribution in [3.63, 3.8) is 0 Å². The molecule has 0 radical (unpaired) electrons. The fraction of sp³-hybridized carbons (Fsp3) is 0.667. The number of carbonyl (C=O) groups excluding carboxylic acids is 5. The molecule has 0 saturated carbocycles. The van der Waals surface area contributed by atoms with Crippen molar-refractivity contribution in [3.8, 4) is 0 Å². The van der Waals surface area contributed by atoms with Crippen LogP contribution in [0.25, 0.3) is 0 Å². The third-order valence-electron chi connectivity index (χ3n) is 3.84. The Hall–Kier alpha value is -3.37. The zero-order chi connectivity index (χ0) is 25.3. The minimum atomic E-state index is -0.998. The topological polar surface area (TPSA) is 168 Å². The Labute approximate surface area is 197 Å². The average molecular weight is 485 g/mol. The van der Waals surface area contributed by atoms with E-state index in [-0.39, 0.29) is 52.5 Å². The molecule has 190 valence electrons. The van der Waals surface area contributed by atoms with Crippen molar-refractivity contribution >= 4 is 30.2 Å². The number of hydrogen-bond acceptors (Lipinski definition) is 12. The van der Waals surface area contributed by atoms with E-state index >= 15 is 0 Å². The first kappa shape index (κ1) is 30.6. The molecule has 0 aliphatic rings. The quantitative estimate of drug-likeness (QED) is 0.0607. The normalized spacial score (nSPS) is 10.7. The van der Waals surface area contributed by atoms with Crippen LogP contribution in [0.4, 0.5) is 4.79 Å². The number of aliphatic imine (C=N–C) groups is 2. The summed E-state index contributed by atoms with van der Waals surface area (Å²) in [5.74, 6) is -1.21. The van der Waals surface area contributed by atoms with Crippen LogP contribution in [-0.4, -0.2) is 95.6 Å². The molecule has 1 amide bonds. The van der Waals surface area contributed by atoms with Gasteiger partial charge in [-0.15, -0.1) is 0 Å². The summed E-state index contributed by atoms with van der Waals surface area (Å²) in [6, 6.07) is -0.998. The lowest BCUT2D eigenvalue weighted by molar-refractivity contribution is -0.145. The predicted molar refractivity (Wildman–Crippen MR) is 116 cm³/mol. The summed E-state index contributed by atoms with van der Waals surface area (Å²) in [7, 11) is 0. The van der Waals surface area contributed by atoms with Crippen LogP contribution in [0.5, 0.6) is 0 Å². The summed E-state index contributed by atoms with van der Waals surface area (Å²) >= 11 is 0. The van der Waals surface area contributed by atoms with E-state index < -0.39 is 24.1 Å². The van der Waals surface area contributed by atoms with Gasteiger partial charge >= 0.3 is 18.0 Å². The maximum absolute atomic E-state index is 11.9. The molecule has 0 spiro atoms. The van der Waals surface area contributed by atoms with Gasteiger partial charge in [-0.25, -0.2) is 29.0 Å². The van der Waals surface area contributed by atoms with Gasteiger partial charge in [-0.05, 0) is 25.7 Å². The van der Waals surface area contributed by atoms with Crippen LogP contribution in [0, 0.1) is 0 Å². The first-order valence-corrected chi connectivity index (χ1v) is 10.7. The lowest BCUT2D eigenvalue weighted by atomic mass is 10.1. The lowest BCUT2D eigenvalue weighted by Gasteiger charge is -2.11. The molecule has 13 heteroatoms. The molecule has 1 atom stereocenters. The Balaban J connectivity index is 3.67. The lowest BCUT2D eigenvalue weighted by Crippen LogP contribution is -2.31. The third kappa shape index (κ3) is 19.3. The number of ether oxygens (including phenoxy) is 5. The van der Waals surface area contributed by atoms with Crippen LogP contribution in [0.2, 0.25) is 0 Å². The van der Waals surface area contributed by atoms with E-state index in [4.69, 9.17) is 23.7 Å². The monoisotopic (exact) mass is 485 g/mol. The van der Waals surface area contributed by atoms with E-state index in [1.807, 2.05) is 0 Å². The van der Waals surface area contributed by atoms with Gasteiger partial charge in [0.2, 0.25) is 12.2 Å². The molecule has 0 aliphatic carbocycles. The van der Waals surface area contributed by atoms with E-state index in [0.717, 1.165) is 6.08 Å². The Kier molecular flexibility index (Phi) is 20.5. The van der Waals surface area contributed by atoms with Gasteiger partial charge in [-0.1, -0.05) is 6.58 Å². The molecule has 0 aromatic heterocycles. The fourth-order valence-electron chi connectivity index (χ4n) is 2.25. The molecule has 0 heterocycles. The van der Waals surface area contributed by atoms with E-state index in [1.165, 1.54) is 12.2 Å². The second-order valence-electron chi connectivity index (χ2n) is 6.39. The van der Waals surface area contributed by atoms with Crippen LogP contribution >= 0.6 is 0 Å². The van der Waals surface area contributed by atoms with Crippen molar-refractivity contribution in [1.82, 2.24) is 5.32 Å². The predicted octanol–water partition coefficient (Wildman–Crippen LogP) is 0.619. The highest BCUT2D eigenvalue weighted by Crippen LogP contribution is 2.07. The molecular formula is C21H31N3O10. The number of unbranched alkanes of at least 4 members (excludes halogenated alkanes) is 1. The number of esters is 2. The molecule has 1 unspecified atom stereocenters. The summed E-state index contributed by atoms with van der Waals surface area (Å²) in [6.45, 7) is 4.94. The van der Waals surface area contributed by atoms with Gasteiger partial charge in [0.1, 0.15) is 19.8 Å². The van der Waals surface area contributed by atoms with E-state index in [0.29, 0.717) is 32.5 Å². The number of amides is 1. The van der Waals surface area contributed by atoms with Crippen LogP contribution in [0.3, 0.4) is 0 Å². The zero-order valence-electron chi connectivity index (χ0n) is 19.0. The first-order valence-electron chi connectivity index (χ1n) is 10.7. The van der Waals surface area contributed by atoms with Crippen LogP contribution in [0.1, 0.15) is 25.7 Å². The van der Waals surface area contributed by atoms with Crippen LogP contribution in [-0.2, 0) is 42.9 Å². The van der Waals surface area contributed by atoms with Crippen molar-refractivity contribution < 1.29 is 47.7 Å². The Morgan fingerprint density at radius 1 is 0.853 bits per heavy atom. The van der Waals surface area contributed by atoms with Gasteiger partial charge < -0.3 is 29.0 Å². The summed E-state index contributed by atoms with van der Waals surface area (Å²) in [5.41, 5.74) is 0. The minimum Gasteiger partial charge on any atom is -0.462 e. The largest absolute Gasteiger partial charge is 0.462 e. The van der Waals surface area contributed by atoms with E-state index in [9.17, 15) is 24.0 Å². The first-order chi connectivity index (χ1) is 16.5. The van der Waals surface area contributed by atoms with Crippen molar-refractivity contribution in [3.05, 3.63) is 12.7 Å². The number of nitrogens with zero attached hydrogens (tertiary/aromatic N) is 2. The number of rotatable bonds is 21. The fourth-order valence-corrected chi connectivity index (χ4v) is 2.25. The van der Waals surface area contributed by atoms with Gasteiger partial charge in [0.25, 0.3) is 0 Å². The number of carbonyl (C=O) groups is 3. The van der Waals surface area contributed by atoms with Crippen molar-refractivity contribution in [2.24, 2.45) is 9.98 Å². The molecule has 13 nitrogen and oxygen atoms in total. The third-order valence-corrected chi connectivity index (χ3v) is 3.84. The standard InChI is InChI=1S/C21H31N3O10/c1-2-19(27)32-14-12-30-9-5-10-31-13-15-34-21(29)23-8-11-33-20(28)18(24-17-26)6-3-4-7-22-16-25/h2,18H,1,3-15H2,(H,23,29). The summed E-state index contributed by atoms with van der Waals surface area (Å²) in [6.07, 6.45) is 5.02. The molecule has 0 saturated heterocycles. The number of isocyanates is 2. The van der Waals surface area contributed by atoms with Crippen molar-refractivity contribution in [2.45, 2.75) is 31.7 Å². The summed E-state index contributed by atoms with van der Waals surface area (Å²) in [4.78, 5) is 61.5. The minimum absolute atomic E-state index is 0.0104. The molecule has 0 aromatic rings. The van der Waals surface area contributed by atoms with Gasteiger partial charge in [0.05, 0.1) is 26.3 Å². The highest BCUT2D eigenvalue weighted by atomic mass is 16.6. The second kappa shape index (κ2) is 22.8. The maximum Gasteiger partial charge on any atom is 0.407 e. The van der Waals surface area contributed by atoms with Crippen LogP contribution < -0.4 is 5.32 Å². The molecule has 34 heavy (non-hydrogen) atoms. The summed E-state index contributed by atoms with van der Waals surface area (Å²) < 4.78 is 25.2. The van der Waals surface area contributed by atoms with E-state index in [1.54, 1.807) is 0 Å². The second-order valence-corrected chi connectivity index (χ2v) is 6.39. The van der Waals surface area contributed by atoms with Gasteiger partial charge in [0.15, 0.2) is 6.04 Å². The maximum atomic E-state index is 11.9. The Morgan fingerprint density at radius 2 is 1.56 bits per heavy atom. The van der Waals surface area contributed by atoms with Crippen LogP contribution in [0.15, 0.2) is 22.6 Å².